The lowest BCUT2D eigenvalue weighted by Gasteiger charge is -2.39. The smallest absolute Gasteiger partial charge is 0.317 e. The summed E-state index contributed by atoms with van der Waals surface area (Å²) in [4.78, 5) is 16.6. The zero-order valence-electron chi connectivity index (χ0n) is 16.3. The molecule has 1 N–H and O–H groups in total. The van der Waals surface area contributed by atoms with E-state index in [1.165, 1.54) is 16.8 Å². The molecule has 1 heterocycles. The van der Waals surface area contributed by atoms with E-state index < -0.39 is 0 Å². The van der Waals surface area contributed by atoms with Gasteiger partial charge in [-0.3, -0.25) is 0 Å². The number of anilines is 1. The first kappa shape index (κ1) is 19.6. The maximum atomic E-state index is 12.2. The molecule has 0 saturated carbocycles. The van der Waals surface area contributed by atoms with Crippen LogP contribution in [0.4, 0.5) is 10.5 Å². The molecule has 1 aromatic rings. The normalized spacial score (nSPS) is 15.2. The van der Waals surface area contributed by atoms with Gasteiger partial charge in [0, 0.05) is 45.5 Å². The average molecular weight is 348 g/mol. The first-order chi connectivity index (χ1) is 12.0. The van der Waals surface area contributed by atoms with Gasteiger partial charge in [-0.15, -0.1) is 0 Å². The second-order valence-electron chi connectivity index (χ2n) is 7.29. The summed E-state index contributed by atoms with van der Waals surface area (Å²) in [5, 5.41) is 2.91. The summed E-state index contributed by atoms with van der Waals surface area (Å²) < 4.78 is 4.98. The number of hydrogen-bond acceptors (Lipinski definition) is 3. The van der Waals surface area contributed by atoms with Crippen LogP contribution in [0.1, 0.15) is 50.7 Å². The van der Waals surface area contributed by atoms with Gasteiger partial charge >= 0.3 is 6.03 Å². The number of urea groups is 1. The summed E-state index contributed by atoms with van der Waals surface area (Å²) >= 11 is 0. The monoisotopic (exact) mass is 347 g/mol. The molecule has 2 amide bonds. The van der Waals surface area contributed by atoms with Crippen LogP contribution in [0.15, 0.2) is 18.2 Å². The van der Waals surface area contributed by atoms with E-state index in [0.717, 1.165) is 26.2 Å². The number of benzene rings is 1. The molecular formula is C20H33N3O2. The van der Waals surface area contributed by atoms with Gasteiger partial charge in [-0.1, -0.05) is 45.9 Å². The number of amides is 2. The molecule has 0 atom stereocenters. The fourth-order valence-electron chi connectivity index (χ4n) is 3.38. The topological polar surface area (TPSA) is 44.8 Å². The highest BCUT2D eigenvalue weighted by molar-refractivity contribution is 5.74. The maximum absolute atomic E-state index is 12.2. The average Bonchev–Trinajstić information content (AvgIpc) is 2.61. The van der Waals surface area contributed by atoms with E-state index in [1.807, 2.05) is 4.90 Å². The van der Waals surface area contributed by atoms with Gasteiger partial charge in [0.25, 0.3) is 0 Å². The Bertz CT molecular complexity index is 538. The Balaban J connectivity index is 2.09. The zero-order valence-corrected chi connectivity index (χ0v) is 16.3. The number of nitrogens with one attached hydrogen (secondary N) is 1. The minimum absolute atomic E-state index is 0.0120. The number of carbonyl (C=O) groups excluding carboxylic acids is 1. The van der Waals surface area contributed by atoms with Crippen LogP contribution < -0.4 is 10.2 Å². The number of para-hydroxylation sites is 1. The van der Waals surface area contributed by atoms with Crippen molar-refractivity contribution in [3.63, 3.8) is 0 Å². The molecule has 0 bridgehead atoms. The third-order valence-corrected chi connectivity index (χ3v) is 4.81. The third kappa shape index (κ3) is 4.88. The predicted octanol–water partition coefficient (Wildman–Crippen LogP) is 3.41. The SMILES string of the molecule is COCCNC(=O)N1CCN(c2c(C(C)C)cccc2C(C)C)CC1. The van der Waals surface area contributed by atoms with Gasteiger partial charge in [0.2, 0.25) is 0 Å². The van der Waals surface area contributed by atoms with Crippen molar-refractivity contribution in [1.29, 1.82) is 0 Å². The molecule has 5 heteroatoms. The summed E-state index contributed by atoms with van der Waals surface area (Å²) in [5.41, 5.74) is 4.19. The van der Waals surface area contributed by atoms with Crippen molar-refractivity contribution in [3.8, 4) is 0 Å². The molecular weight excluding hydrogens is 314 g/mol. The lowest BCUT2D eigenvalue weighted by atomic mass is 9.91. The highest BCUT2D eigenvalue weighted by Gasteiger charge is 2.25. The Morgan fingerprint density at radius 2 is 1.64 bits per heavy atom. The van der Waals surface area contributed by atoms with E-state index >= 15 is 0 Å². The Labute approximate surface area is 152 Å². The van der Waals surface area contributed by atoms with Crippen molar-refractivity contribution in [3.05, 3.63) is 29.3 Å². The fourth-order valence-corrected chi connectivity index (χ4v) is 3.38. The minimum Gasteiger partial charge on any atom is -0.383 e. The van der Waals surface area contributed by atoms with E-state index in [2.05, 4.69) is 56.1 Å². The van der Waals surface area contributed by atoms with E-state index in [4.69, 9.17) is 4.74 Å². The van der Waals surface area contributed by atoms with Crippen LogP contribution in [0.2, 0.25) is 0 Å². The molecule has 1 saturated heterocycles. The maximum Gasteiger partial charge on any atom is 0.317 e. The summed E-state index contributed by atoms with van der Waals surface area (Å²) in [6, 6.07) is 6.68. The first-order valence-electron chi connectivity index (χ1n) is 9.35. The van der Waals surface area contributed by atoms with Crippen molar-refractivity contribution in [2.75, 3.05) is 51.3 Å². The molecule has 2 rings (SSSR count). The minimum atomic E-state index is 0.0120. The summed E-state index contributed by atoms with van der Waals surface area (Å²) in [5.74, 6) is 0.980. The Morgan fingerprint density at radius 3 is 2.12 bits per heavy atom. The third-order valence-electron chi connectivity index (χ3n) is 4.81. The summed E-state index contributed by atoms with van der Waals surface area (Å²) in [6.45, 7) is 13.4. The molecule has 0 radical (unpaired) electrons. The van der Waals surface area contributed by atoms with Crippen LogP contribution in [0.3, 0.4) is 0 Å². The number of piperazine rings is 1. The standard InChI is InChI=1S/C20H33N3O2/c1-15(2)17-7-6-8-18(16(3)4)19(17)22-10-12-23(13-11-22)20(24)21-9-14-25-5/h6-8,15-16H,9-14H2,1-5H3,(H,21,24). The van der Waals surface area contributed by atoms with Gasteiger partial charge < -0.3 is 19.9 Å². The van der Waals surface area contributed by atoms with Gasteiger partial charge in [-0.2, -0.15) is 0 Å². The lowest BCUT2D eigenvalue weighted by molar-refractivity contribution is 0.177. The molecule has 1 fully saturated rings. The molecule has 0 unspecified atom stereocenters. The van der Waals surface area contributed by atoms with Crippen molar-refractivity contribution in [2.45, 2.75) is 39.5 Å². The Kier molecular flexibility index (Phi) is 7.12. The Hall–Kier alpha value is -1.75. The highest BCUT2D eigenvalue weighted by Crippen LogP contribution is 2.35. The number of rotatable bonds is 6. The first-order valence-corrected chi connectivity index (χ1v) is 9.35. The molecule has 5 nitrogen and oxygen atoms in total. The lowest BCUT2D eigenvalue weighted by Crippen LogP contribution is -2.52. The second kappa shape index (κ2) is 9.09. The van der Waals surface area contributed by atoms with Crippen LogP contribution in [0.25, 0.3) is 0 Å². The molecule has 0 spiro atoms. The summed E-state index contributed by atoms with van der Waals surface area (Å²) in [7, 11) is 1.64. The van der Waals surface area contributed by atoms with E-state index in [1.54, 1.807) is 7.11 Å². The highest BCUT2D eigenvalue weighted by atomic mass is 16.5. The van der Waals surface area contributed by atoms with Crippen LogP contribution in [0, 0.1) is 0 Å². The van der Waals surface area contributed by atoms with Gasteiger partial charge in [0.15, 0.2) is 0 Å². The molecule has 0 aliphatic carbocycles. The molecule has 25 heavy (non-hydrogen) atoms. The largest absolute Gasteiger partial charge is 0.383 e. The molecule has 1 aliphatic rings. The van der Waals surface area contributed by atoms with Crippen LogP contribution in [-0.2, 0) is 4.74 Å². The summed E-state index contributed by atoms with van der Waals surface area (Å²) in [6.07, 6.45) is 0. The van der Waals surface area contributed by atoms with Crippen LogP contribution in [0.5, 0.6) is 0 Å². The van der Waals surface area contributed by atoms with Gasteiger partial charge in [-0.25, -0.2) is 4.79 Å². The quantitative estimate of drug-likeness (QED) is 0.802. The van der Waals surface area contributed by atoms with Crippen LogP contribution in [-0.4, -0.2) is 57.4 Å². The number of hydrogen-bond donors (Lipinski definition) is 1. The second-order valence-corrected chi connectivity index (χ2v) is 7.29. The van der Waals surface area contributed by atoms with E-state index in [-0.39, 0.29) is 6.03 Å². The number of methoxy groups -OCH3 is 1. The van der Waals surface area contributed by atoms with Gasteiger partial charge in [-0.05, 0) is 23.0 Å². The number of carbonyl (C=O) groups is 1. The van der Waals surface area contributed by atoms with Gasteiger partial charge in [0.1, 0.15) is 0 Å². The van der Waals surface area contributed by atoms with Crippen molar-refractivity contribution >= 4 is 11.7 Å². The van der Waals surface area contributed by atoms with E-state index in [0.29, 0.717) is 25.0 Å². The van der Waals surface area contributed by atoms with Crippen LogP contribution >= 0.6 is 0 Å². The van der Waals surface area contributed by atoms with Crippen molar-refractivity contribution in [1.82, 2.24) is 10.2 Å². The van der Waals surface area contributed by atoms with E-state index in [9.17, 15) is 4.79 Å². The molecule has 1 aliphatic heterocycles. The molecule has 140 valence electrons. The van der Waals surface area contributed by atoms with Crippen molar-refractivity contribution < 1.29 is 9.53 Å². The fraction of sp³-hybridized carbons (Fsp3) is 0.650. The number of ether oxygens (including phenoxy) is 1. The zero-order chi connectivity index (χ0) is 18.4. The van der Waals surface area contributed by atoms with Gasteiger partial charge in [0.05, 0.1) is 6.61 Å². The predicted molar refractivity (Wildman–Crippen MR) is 104 cm³/mol. The molecule has 1 aromatic carbocycles. The Morgan fingerprint density at radius 1 is 1.08 bits per heavy atom. The van der Waals surface area contributed by atoms with Crippen molar-refractivity contribution in [2.24, 2.45) is 0 Å². The molecule has 0 aromatic heterocycles. The number of nitrogens with zero attached hydrogens (tertiary/aromatic N) is 2.